The number of hydrogen-bond acceptors (Lipinski definition) is 6. The number of rotatable bonds is 5. The zero-order valence-electron chi connectivity index (χ0n) is 6.64. The molecule has 0 bridgehead atoms. The highest BCUT2D eigenvalue weighted by atomic mass is 32.2. The summed E-state index contributed by atoms with van der Waals surface area (Å²) in [4.78, 5) is 0. The van der Waals surface area contributed by atoms with E-state index in [0.29, 0.717) is 12.4 Å². The Morgan fingerprint density at radius 1 is 1.83 bits per heavy atom. The van der Waals surface area contributed by atoms with Crippen LogP contribution in [0.3, 0.4) is 0 Å². The maximum atomic E-state index is 9.26. The van der Waals surface area contributed by atoms with E-state index >= 15 is 0 Å². The fraction of sp³-hybridized carbons (Fsp3) is 0.667. The van der Waals surface area contributed by atoms with Gasteiger partial charge in [0.25, 0.3) is 0 Å². The molecule has 0 aliphatic rings. The Morgan fingerprint density at radius 3 is 3.25 bits per heavy atom. The molecule has 0 saturated carbocycles. The van der Waals surface area contributed by atoms with E-state index in [0.717, 1.165) is 4.34 Å². The smallest absolute Gasteiger partial charge is 0.174 e. The van der Waals surface area contributed by atoms with Crippen molar-refractivity contribution in [3.63, 3.8) is 0 Å². The minimum absolute atomic E-state index is 0.367. The maximum absolute atomic E-state index is 9.26. The first-order valence-corrected chi connectivity index (χ1v) is 5.25. The van der Waals surface area contributed by atoms with Crippen LogP contribution < -0.4 is 0 Å². The van der Waals surface area contributed by atoms with Crippen molar-refractivity contribution in [2.75, 3.05) is 19.5 Å². The predicted molar refractivity (Wildman–Crippen MR) is 48.5 cm³/mol. The minimum atomic E-state index is -0.427. The third kappa shape index (κ3) is 3.48. The van der Waals surface area contributed by atoms with Gasteiger partial charge in [-0.3, -0.25) is 0 Å². The Bertz CT molecular complexity index is 205. The molecule has 0 amide bonds. The quantitative estimate of drug-likeness (QED) is 0.716. The third-order valence-corrected chi connectivity index (χ3v) is 3.10. The number of hydrogen-bond donors (Lipinski definition) is 1. The average Bonchev–Trinajstić information content (AvgIpc) is 2.53. The van der Waals surface area contributed by atoms with Crippen LogP contribution in [0.15, 0.2) is 9.85 Å². The average molecular weight is 206 g/mol. The van der Waals surface area contributed by atoms with Crippen LogP contribution in [0.2, 0.25) is 0 Å². The number of methoxy groups -OCH3 is 1. The molecule has 0 aromatic carbocycles. The molecule has 1 aromatic rings. The number of nitrogens with zero attached hydrogens (tertiary/aromatic N) is 2. The van der Waals surface area contributed by atoms with Crippen LogP contribution in [0, 0.1) is 0 Å². The van der Waals surface area contributed by atoms with Gasteiger partial charge in [-0.25, -0.2) is 0 Å². The zero-order valence-corrected chi connectivity index (χ0v) is 8.27. The van der Waals surface area contributed by atoms with Crippen molar-refractivity contribution in [2.24, 2.45) is 0 Å². The molecule has 1 atom stereocenters. The highest BCUT2D eigenvalue weighted by Crippen LogP contribution is 2.19. The highest BCUT2D eigenvalue weighted by Gasteiger charge is 2.05. The van der Waals surface area contributed by atoms with Gasteiger partial charge in [0, 0.05) is 12.9 Å². The minimum Gasteiger partial charge on any atom is -0.390 e. The summed E-state index contributed by atoms with van der Waals surface area (Å²) in [5, 5.41) is 16.8. The molecule has 0 aliphatic carbocycles. The summed E-state index contributed by atoms with van der Waals surface area (Å²) < 4.78 is 5.66. The number of aliphatic hydroxyl groups excluding tert-OH is 1. The van der Waals surface area contributed by atoms with Gasteiger partial charge in [-0.05, 0) is 0 Å². The second-order valence-corrected chi connectivity index (χ2v) is 4.23. The van der Waals surface area contributed by atoms with E-state index < -0.39 is 6.10 Å². The van der Waals surface area contributed by atoms with Crippen LogP contribution in [-0.2, 0) is 4.74 Å². The summed E-state index contributed by atoms with van der Waals surface area (Å²) in [6.07, 6.45) is -0.427. The molecule has 1 aromatic heterocycles. The van der Waals surface area contributed by atoms with E-state index in [1.54, 1.807) is 12.6 Å². The van der Waals surface area contributed by atoms with Gasteiger partial charge in [0.15, 0.2) is 4.34 Å². The summed E-state index contributed by atoms with van der Waals surface area (Å²) >= 11 is 2.96. The summed E-state index contributed by atoms with van der Waals surface area (Å²) in [5.74, 6) is 0.600. The summed E-state index contributed by atoms with van der Waals surface area (Å²) in [6.45, 7) is 0.367. The zero-order chi connectivity index (χ0) is 8.81. The van der Waals surface area contributed by atoms with Gasteiger partial charge in [-0.15, -0.1) is 10.2 Å². The van der Waals surface area contributed by atoms with Crippen molar-refractivity contribution in [2.45, 2.75) is 10.4 Å². The van der Waals surface area contributed by atoms with Crippen LogP contribution in [0.5, 0.6) is 0 Å². The van der Waals surface area contributed by atoms with Gasteiger partial charge < -0.3 is 9.84 Å². The molecular weight excluding hydrogens is 196 g/mol. The lowest BCUT2D eigenvalue weighted by atomic mass is 10.4. The molecule has 68 valence electrons. The number of aromatic nitrogens is 2. The molecule has 0 spiro atoms. The number of thioether (sulfide) groups is 1. The van der Waals surface area contributed by atoms with Crippen molar-refractivity contribution >= 4 is 23.1 Å². The van der Waals surface area contributed by atoms with Crippen molar-refractivity contribution < 1.29 is 9.84 Å². The van der Waals surface area contributed by atoms with E-state index in [1.165, 1.54) is 23.1 Å². The van der Waals surface area contributed by atoms with Gasteiger partial charge in [0.1, 0.15) is 5.51 Å². The first kappa shape index (κ1) is 9.91. The summed E-state index contributed by atoms with van der Waals surface area (Å²) in [6, 6.07) is 0. The van der Waals surface area contributed by atoms with Crippen LogP contribution >= 0.6 is 23.1 Å². The van der Waals surface area contributed by atoms with Crippen LogP contribution in [0.25, 0.3) is 0 Å². The maximum Gasteiger partial charge on any atom is 0.174 e. The summed E-state index contributed by atoms with van der Waals surface area (Å²) in [7, 11) is 1.57. The van der Waals surface area contributed by atoms with E-state index in [1.807, 2.05) is 0 Å². The highest BCUT2D eigenvalue weighted by molar-refractivity contribution is 8.01. The Labute approximate surface area is 79.0 Å². The summed E-state index contributed by atoms with van der Waals surface area (Å²) in [5.41, 5.74) is 1.67. The molecule has 1 rings (SSSR count). The van der Waals surface area contributed by atoms with Crippen molar-refractivity contribution in [1.82, 2.24) is 10.2 Å². The van der Waals surface area contributed by atoms with Crippen molar-refractivity contribution in [1.29, 1.82) is 0 Å². The Hall–Kier alpha value is -0.170. The molecule has 12 heavy (non-hydrogen) atoms. The fourth-order valence-electron chi connectivity index (χ4n) is 0.634. The largest absolute Gasteiger partial charge is 0.390 e. The third-order valence-electron chi connectivity index (χ3n) is 1.10. The SMILES string of the molecule is COC[C@@H](O)CSc1nncs1. The fourth-order valence-corrected chi connectivity index (χ4v) is 2.05. The van der Waals surface area contributed by atoms with Crippen molar-refractivity contribution in [3.05, 3.63) is 5.51 Å². The van der Waals surface area contributed by atoms with Gasteiger partial charge >= 0.3 is 0 Å². The van der Waals surface area contributed by atoms with E-state index in [2.05, 4.69) is 10.2 Å². The molecule has 0 unspecified atom stereocenters. The van der Waals surface area contributed by atoms with Gasteiger partial charge in [0.2, 0.25) is 0 Å². The van der Waals surface area contributed by atoms with Gasteiger partial charge in [0.05, 0.1) is 12.7 Å². The number of ether oxygens (including phenoxy) is 1. The molecule has 0 aliphatic heterocycles. The Kier molecular flexibility index (Phi) is 4.52. The molecule has 0 radical (unpaired) electrons. The van der Waals surface area contributed by atoms with Gasteiger partial charge in [-0.2, -0.15) is 0 Å². The predicted octanol–water partition coefficient (Wildman–Crippen LogP) is 0.638. The molecule has 6 heteroatoms. The van der Waals surface area contributed by atoms with Gasteiger partial charge in [-0.1, -0.05) is 23.1 Å². The first-order valence-electron chi connectivity index (χ1n) is 3.39. The lowest BCUT2D eigenvalue weighted by Gasteiger charge is -2.05. The van der Waals surface area contributed by atoms with Crippen LogP contribution in [0.1, 0.15) is 0 Å². The van der Waals surface area contributed by atoms with E-state index in [-0.39, 0.29) is 0 Å². The van der Waals surface area contributed by atoms with Crippen LogP contribution in [0.4, 0.5) is 0 Å². The first-order chi connectivity index (χ1) is 5.83. The standard InChI is InChI=1S/C6H10N2O2S2/c1-10-2-5(9)3-11-6-8-7-4-12-6/h4-5,9H,2-3H2,1H3/t5-/m1/s1. The lowest BCUT2D eigenvalue weighted by Crippen LogP contribution is -2.16. The molecule has 0 saturated heterocycles. The second-order valence-electron chi connectivity index (χ2n) is 2.12. The molecule has 1 N–H and O–H groups in total. The molecule has 0 fully saturated rings. The number of aliphatic hydroxyl groups is 1. The van der Waals surface area contributed by atoms with E-state index in [9.17, 15) is 5.11 Å². The lowest BCUT2D eigenvalue weighted by molar-refractivity contribution is 0.0794. The Balaban J connectivity index is 2.17. The second kappa shape index (κ2) is 5.47. The monoisotopic (exact) mass is 206 g/mol. The molecule has 1 heterocycles. The van der Waals surface area contributed by atoms with E-state index in [4.69, 9.17) is 4.74 Å². The normalized spacial score (nSPS) is 13.2. The molecular formula is C6H10N2O2S2. The van der Waals surface area contributed by atoms with Crippen molar-refractivity contribution in [3.8, 4) is 0 Å². The molecule has 4 nitrogen and oxygen atoms in total. The Morgan fingerprint density at radius 2 is 2.67 bits per heavy atom. The van der Waals surface area contributed by atoms with Crippen LogP contribution in [-0.4, -0.2) is 40.9 Å². The topological polar surface area (TPSA) is 55.2 Å².